The molecule has 8 heteroatoms. The molecular weight excluding hydrogens is 423 g/mol. The Morgan fingerprint density at radius 3 is 2.48 bits per heavy atom. The summed E-state index contributed by atoms with van der Waals surface area (Å²) in [5.74, 6) is 0.520. The summed E-state index contributed by atoms with van der Waals surface area (Å²) in [6.07, 6.45) is 1.77. The van der Waals surface area contributed by atoms with E-state index in [1.54, 1.807) is 43.0 Å². The lowest BCUT2D eigenvalue weighted by molar-refractivity contribution is 0.183. The molecule has 0 saturated carbocycles. The summed E-state index contributed by atoms with van der Waals surface area (Å²) in [5, 5.41) is 10.9. The van der Waals surface area contributed by atoms with Gasteiger partial charge in [-0.25, -0.2) is 9.37 Å². The number of ether oxygens (including phenoxy) is 1. The summed E-state index contributed by atoms with van der Waals surface area (Å²) in [7, 11) is 1.59. The molecule has 33 heavy (non-hydrogen) atoms. The quantitative estimate of drug-likeness (QED) is 0.595. The van der Waals surface area contributed by atoms with Crippen LogP contribution in [0, 0.1) is 12.7 Å². The Balaban J connectivity index is 1.72. The van der Waals surface area contributed by atoms with E-state index < -0.39 is 6.04 Å². The number of rotatable bonds is 7. The van der Waals surface area contributed by atoms with Crippen molar-refractivity contribution in [2.75, 3.05) is 44.8 Å². The molecule has 0 spiro atoms. The molecule has 0 bridgehead atoms. The van der Waals surface area contributed by atoms with E-state index in [4.69, 9.17) is 4.74 Å². The van der Waals surface area contributed by atoms with Gasteiger partial charge in [0, 0.05) is 51.7 Å². The number of aromatic nitrogens is 2. The summed E-state index contributed by atoms with van der Waals surface area (Å²) in [6, 6.07) is 13.1. The molecule has 3 aromatic rings. The zero-order chi connectivity index (χ0) is 23.4. The molecule has 1 saturated heterocycles. The van der Waals surface area contributed by atoms with Crippen molar-refractivity contribution < 1.29 is 14.2 Å². The average Bonchev–Trinajstić information content (AvgIpc) is 2.83. The molecule has 0 amide bonds. The molecule has 1 aromatic carbocycles. The van der Waals surface area contributed by atoms with E-state index in [0.717, 1.165) is 24.5 Å². The normalized spacial score (nSPS) is 15.5. The molecule has 3 heterocycles. The number of hydrogen-bond donors (Lipinski definition) is 1. The third-order valence-electron chi connectivity index (χ3n) is 6.15. The van der Waals surface area contributed by atoms with Gasteiger partial charge < -0.3 is 19.3 Å². The second-order valence-electron chi connectivity index (χ2n) is 8.20. The van der Waals surface area contributed by atoms with Gasteiger partial charge in [-0.15, -0.1) is 0 Å². The first kappa shape index (κ1) is 22.9. The number of aromatic hydroxyl groups is 1. The first-order valence-corrected chi connectivity index (χ1v) is 11.1. The predicted molar refractivity (Wildman–Crippen MR) is 125 cm³/mol. The van der Waals surface area contributed by atoms with Crippen molar-refractivity contribution in [3.63, 3.8) is 0 Å². The number of benzene rings is 1. The lowest BCUT2D eigenvalue weighted by atomic mass is 9.96. The van der Waals surface area contributed by atoms with Crippen molar-refractivity contribution in [3.05, 3.63) is 87.7 Å². The van der Waals surface area contributed by atoms with Crippen LogP contribution >= 0.6 is 0 Å². The van der Waals surface area contributed by atoms with Gasteiger partial charge in [0.25, 0.3) is 5.56 Å². The highest BCUT2D eigenvalue weighted by atomic mass is 19.1. The molecule has 1 N–H and O–H groups in total. The highest BCUT2D eigenvalue weighted by molar-refractivity contribution is 5.42. The van der Waals surface area contributed by atoms with Crippen LogP contribution in [-0.2, 0) is 11.3 Å². The number of halogens is 1. The van der Waals surface area contributed by atoms with Gasteiger partial charge in [-0.1, -0.05) is 18.2 Å². The molecule has 1 fully saturated rings. The SMILES string of the molecule is COCCn1c(C)cc(O)c([C@@H](c2ccc(F)cc2)N2CCN(c3ccccn3)CC2)c1=O. The van der Waals surface area contributed by atoms with E-state index in [-0.39, 0.29) is 17.1 Å². The van der Waals surface area contributed by atoms with Crippen LogP contribution in [-0.4, -0.2) is 59.5 Å². The van der Waals surface area contributed by atoms with E-state index in [0.29, 0.717) is 37.5 Å². The number of aryl methyl sites for hydroxylation is 1. The Hall–Kier alpha value is -3.23. The maximum atomic E-state index is 13.7. The first-order chi connectivity index (χ1) is 16.0. The average molecular weight is 453 g/mol. The van der Waals surface area contributed by atoms with Gasteiger partial charge in [-0.05, 0) is 42.8 Å². The fraction of sp³-hybridized carbons (Fsp3) is 0.360. The van der Waals surface area contributed by atoms with Gasteiger partial charge in [0.2, 0.25) is 0 Å². The molecular formula is C25H29FN4O3. The number of pyridine rings is 2. The lowest BCUT2D eigenvalue weighted by Gasteiger charge is -2.40. The van der Waals surface area contributed by atoms with Crippen LogP contribution in [0.2, 0.25) is 0 Å². The van der Waals surface area contributed by atoms with E-state index >= 15 is 0 Å². The van der Waals surface area contributed by atoms with Crippen LogP contribution in [0.5, 0.6) is 5.75 Å². The summed E-state index contributed by atoms with van der Waals surface area (Å²) in [6.45, 7) is 5.32. The summed E-state index contributed by atoms with van der Waals surface area (Å²) in [4.78, 5) is 22.4. The van der Waals surface area contributed by atoms with Crippen LogP contribution in [0.15, 0.2) is 59.5 Å². The highest BCUT2D eigenvalue weighted by Crippen LogP contribution is 2.33. The molecule has 0 unspecified atom stereocenters. The Bertz CT molecular complexity index is 1130. The predicted octanol–water partition coefficient (Wildman–Crippen LogP) is 2.95. The van der Waals surface area contributed by atoms with Gasteiger partial charge >= 0.3 is 0 Å². The van der Waals surface area contributed by atoms with Gasteiger partial charge in [-0.3, -0.25) is 9.69 Å². The first-order valence-electron chi connectivity index (χ1n) is 11.1. The number of anilines is 1. The Labute approximate surface area is 192 Å². The van der Waals surface area contributed by atoms with Crippen LogP contribution in [0.3, 0.4) is 0 Å². The minimum absolute atomic E-state index is 0.0485. The number of hydrogen-bond acceptors (Lipinski definition) is 6. The highest BCUT2D eigenvalue weighted by Gasteiger charge is 2.31. The van der Waals surface area contributed by atoms with Crippen molar-refractivity contribution in [1.82, 2.24) is 14.5 Å². The van der Waals surface area contributed by atoms with Gasteiger partial charge in [-0.2, -0.15) is 0 Å². The van der Waals surface area contributed by atoms with E-state index in [1.165, 1.54) is 12.1 Å². The largest absolute Gasteiger partial charge is 0.507 e. The van der Waals surface area contributed by atoms with Gasteiger partial charge in [0.05, 0.1) is 18.2 Å². The van der Waals surface area contributed by atoms with E-state index in [1.807, 2.05) is 18.2 Å². The van der Waals surface area contributed by atoms with Crippen LogP contribution < -0.4 is 10.5 Å². The molecule has 2 aromatic heterocycles. The third-order valence-corrected chi connectivity index (χ3v) is 6.15. The van der Waals surface area contributed by atoms with E-state index in [9.17, 15) is 14.3 Å². The second kappa shape index (κ2) is 10.1. The standard InChI is InChI=1S/C25H29FN4O3/c1-18-17-21(31)23(25(32)30(18)15-16-33-2)24(19-6-8-20(26)9-7-19)29-13-11-28(12-14-29)22-5-3-4-10-27-22/h3-10,17,24,31H,11-16H2,1-2H3/t24-/m1/s1. The molecule has 1 aliphatic rings. The Kier molecular flexibility index (Phi) is 7.05. The molecule has 0 aliphatic carbocycles. The maximum Gasteiger partial charge on any atom is 0.259 e. The Morgan fingerprint density at radius 2 is 1.85 bits per heavy atom. The van der Waals surface area contributed by atoms with Crippen molar-refractivity contribution in [2.24, 2.45) is 0 Å². The zero-order valence-corrected chi connectivity index (χ0v) is 18.9. The summed E-state index contributed by atoms with van der Waals surface area (Å²) >= 11 is 0. The van der Waals surface area contributed by atoms with Gasteiger partial charge in [0.15, 0.2) is 0 Å². The lowest BCUT2D eigenvalue weighted by Crippen LogP contribution is -2.49. The Morgan fingerprint density at radius 1 is 1.12 bits per heavy atom. The van der Waals surface area contributed by atoms with Crippen LogP contribution in [0.1, 0.15) is 22.9 Å². The topological polar surface area (TPSA) is 70.8 Å². The van der Waals surface area contributed by atoms with Crippen LogP contribution in [0.4, 0.5) is 10.2 Å². The number of methoxy groups -OCH3 is 1. The molecule has 0 radical (unpaired) electrons. The number of piperazine rings is 1. The fourth-order valence-corrected chi connectivity index (χ4v) is 4.44. The monoisotopic (exact) mass is 452 g/mol. The van der Waals surface area contributed by atoms with Gasteiger partial charge in [0.1, 0.15) is 17.4 Å². The zero-order valence-electron chi connectivity index (χ0n) is 18.9. The maximum absolute atomic E-state index is 13.7. The minimum Gasteiger partial charge on any atom is -0.507 e. The van der Waals surface area contributed by atoms with E-state index in [2.05, 4.69) is 14.8 Å². The van der Waals surface area contributed by atoms with Crippen molar-refractivity contribution >= 4 is 5.82 Å². The third kappa shape index (κ3) is 4.91. The van der Waals surface area contributed by atoms with Crippen molar-refractivity contribution in [2.45, 2.75) is 19.5 Å². The summed E-state index contributed by atoms with van der Waals surface area (Å²) < 4.78 is 20.5. The van der Waals surface area contributed by atoms with Crippen molar-refractivity contribution in [1.29, 1.82) is 0 Å². The summed E-state index contributed by atoms with van der Waals surface area (Å²) in [5.41, 5.74) is 1.47. The second-order valence-corrected chi connectivity index (χ2v) is 8.20. The molecule has 174 valence electrons. The van der Waals surface area contributed by atoms with Crippen molar-refractivity contribution in [3.8, 4) is 5.75 Å². The molecule has 1 aliphatic heterocycles. The smallest absolute Gasteiger partial charge is 0.259 e. The van der Waals surface area contributed by atoms with Crippen LogP contribution in [0.25, 0.3) is 0 Å². The molecule has 1 atom stereocenters. The minimum atomic E-state index is -0.502. The molecule has 4 rings (SSSR count). The molecule has 7 nitrogen and oxygen atoms in total. The fourth-order valence-electron chi connectivity index (χ4n) is 4.44. The number of nitrogens with zero attached hydrogens (tertiary/aromatic N) is 4.